The third kappa shape index (κ3) is 7.09. The number of alkyl carbamates (subject to hydrolysis) is 1. The summed E-state index contributed by atoms with van der Waals surface area (Å²) >= 11 is 0. The number of fused-ring (bicyclic) bond motifs is 1. The number of ether oxygens (including phenoxy) is 1. The highest BCUT2D eigenvalue weighted by molar-refractivity contribution is 5.79. The van der Waals surface area contributed by atoms with Gasteiger partial charge in [-0.3, -0.25) is 4.79 Å². The lowest BCUT2D eigenvalue weighted by atomic mass is 9.82. The van der Waals surface area contributed by atoms with Crippen molar-refractivity contribution < 1.29 is 14.3 Å². The Morgan fingerprint density at radius 3 is 2.25 bits per heavy atom. The summed E-state index contributed by atoms with van der Waals surface area (Å²) in [6.45, 7) is 0.897. The van der Waals surface area contributed by atoms with Gasteiger partial charge in [0.25, 0.3) is 0 Å². The van der Waals surface area contributed by atoms with Gasteiger partial charge in [0.2, 0.25) is 5.91 Å². The number of nitrogens with one attached hydrogen (secondary N) is 1. The molecule has 0 unspecified atom stereocenters. The quantitative estimate of drug-likeness (QED) is 0.467. The fraction of sp³-hybridized carbons (Fsp3) is 0.462. The van der Waals surface area contributed by atoms with Crippen LogP contribution in [-0.4, -0.2) is 24.6 Å². The molecule has 2 amide bonds. The normalized spacial score (nSPS) is 13.8. The Kier molecular flexibility index (Phi) is 9.11. The van der Waals surface area contributed by atoms with Crippen LogP contribution in [0.5, 0.6) is 0 Å². The van der Waals surface area contributed by atoms with Crippen molar-refractivity contribution in [2.24, 2.45) is 11.5 Å². The number of aryl methyl sites for hydroxylation is 2. The molecular weight excluding hydrogens is 402 g/mol. The van der Waals surface area contributed by atoms with Crippen LogP contribution in [0.15, 0.2) is 42.5 Å². The molecule has 0 aliphatic heterocycles. The first kappa shape index (κ1) is 23.8. The van der Waals surface area contributed by atoms with Crippen LogP contribution in [0.1, 0.15) is 59.9 Å². The number of carbonyl (C=O) groups excluding carboxylic acids is 2. The number of hydrogen-bond donors (Lipinski definition) is 3. The molecule has 6 nitrogen and oxygen atoms in total. The molecule has 2 aromatic rings. The second kappa shape index (κ2) is 12.2. The Morgan fingerprint density at radius 2 is 1.59 bits per heavy atom. The number of unbranched alkanes of at least 4 members (excludes halogenated alkanes) is 1. The van der Waals surface area contributed by atoms with E-state index in [0.29, 0.717) is 13.0 Å². The van der Waals surface area contributed by atoms with Gasteiger partial charge >= 0.3 is 6.09 Å². The number of carbonyl (C=O) groups is 2. The van der Waals surface area contributed by atoms with Gasteiger partial charge in [0.05, 0.1) is 6.04 Å². The average molecular weight is 438 g/mol. The van der Waals surface area contributed by atoms with Gasteiger partial charge in [0.1, 0.15) is 6.61 Å². The van der Waals surface area contributed by atoms with Crippen molar-refractivity contribution in [1.29, 1.82) is 0 Å². The molecule has 5 N–H and O–H groups in total. The van der Waals surface area contributed by atoms with Crippen LogP contribution in [0, 0.1) is 0 Å². The number of amides is 2. The molecule has 172 valence electrons. The predicted octanol–water partition coefficient (Wildman–Crippen LogP) is 3.56. The zero-order valence-corrected chi connectivity index (χ0v) is 18.8. The topological polar surface area (TPSA) is 107 Å². The molecule has 1 atom stereocenters. The highest BCUT2D eigenvalue weighted by Crippen LogP contribution is 2.29. The van der Waals surface area contributed by atoms with Crippen LogP contribution in [0.2, 0.25) is 0 Å². The lowest BCUT2D eigenvalue weighted by molar-refractivity contribution is -0.119. The van der Waals surface area contributed by atoms with Crippen LogP contribution in [0.4, 0.5) is 4.79 Å². The fourth-order valence-corrected chi connectivity index (χ4v) is 4.34. The van der Waals surface area contributed by atoms with E-state index >= 15 is 0 Å². The van der Waals surface area contributed by atoms with Gasteiger partial charge in [-0.2, -0.15) is 0 Å². The smallest absolute Gasteiger partial charge is 0.407 e. The molecule has 0 heterocycles. The van der Waals surface area contributed by atoms with E-state index in [0.717, 1.165) is 44.1 Å². The first-order valence-electron chi connectivity index (χ1n) is 11.7. The molecule has 0 radical (unpaired) electrons. The number of rotatable bonds is 11. The van der Waals surface area contributed by atoms with Gasteiger partial charge in [0.15, 0.2) is 0 Å². The number of hydrogen-bond acceptors (Lipinski definition) is 4. The molecule has 32 heavy (non-hydrogen) atoms. The largest absolute Gasteiger partial charge is 0.445 e. The van der Waals surface area contributed by atoms with E-state index in [1.54, 1.807) is 0 Å². The maximum absolute atomic E-state index is 11.9. The first-order valence-corrected chi connectivity index (χ1v) is 11.7. The summed E-state index contributed by atoms with van der Waals surface area (Å²) in [6.07, 6.45) is 8.58. The van der Waals surface area contributed by atoms with E-state index in [2.05, 4.69) is 17.4 Å². The summed E-state index contributed by atoms with van der Waals surface area (Å²) in [5, 5.41) is 2.84. The van der Waals surface area contributed by atoms with Gasteiger partial charge in [-0.05, 0) is 85.6 Å². The van der Waals surface area contributed by atoms with E-state index in [9.17, 15) is 9.59 Å². The lowest BCUT2D eigenvalue weighted by Gasteiger charge is -2.23. The second-order valence-corrected chi connectivity index (χ2v) is 8.54. The minimum absolute atomic E-state index is 0.287. The van der Waals surface area contributed by atoms with Gasteiger partial charge in [-0.1, -0.05) is 42.5 Å². The van der Waals surface area contributed by atoms with Crippen molar-refractivity contribution in [3.63, 3.8) is 0 Å². The average Bonchev–Trinajstić information content (AvgIpc) is 2.82. The predicted molar refractivity (Wildman–Crippen MR) is 126 cm³/mol. The molecule has 0 spiro atoms. The molecule has 1 aliphatic carbocycles. The minimum atomic E-state index is -0.583. The molecule has 2 aromatic carbocycles. The van der Waals surface area contributed by atoms with Gasteiger partial charge in [0, 0.05) is 6.54 Å². The zero-order valence-electron chi connectivity index (χ0n) is 18.8. The maximum Gasteiger partial charge on any atom is 0.407 e. The third-order valence-electron chi connectivity index (χ3n) is 6.17. The Labute approximate surface area is 190 Å². The maximum atomic E-state index is 11.9. The van der Waals surface area contributed by atoms with Crippen molar-refractivity contribution in [2.75, 3.05) is 6.54 Å². The number of benzene rings is 2. The Bertz CT molecular complexity index is 899. The van der Waals surface area contributed by atoms with Gasteiger partial charge in [-0.25, -0.2) is 4.79 Å². The summed E-state index contributed by atoms with van der Waals surface area (Å²) in [5.41, 5.74) is 17.8. The molecule has 1 aliphatic rings. The minimum Gasteiger partial charge on any atom is -0.445 e. The van der Waals surface area contributed by atoms with E-state index in [-0.39, 0.29) is 12.7 Å². The van der Waals surface area contributed by atoms with Crippen molar-refractivity contribution in [3.8, 4) is 0 Å². The van der Waals surface area contributed by atoms with Gasteiger partial charge in [-0.15, -0.1) is 0 Å². The summed E-state index contributed by atoms with van der Waals surface area (Å²) in [5.74, 6) is -0.437. The fourth-order valence-electron chi connectivity index (χ4n) is 4.34. The SMILES string of the molecule is NC(=O)[C@@H](N)CCc1ccc(CCCCNC(=O)OCc2ccccc2)c2c1CCCC2. The van der Waals surface area contributed by atoms with Crippen molar-refractivity contribution in [3.05, 3.63) is 70.3 Å². The molecule has 0 saturated heterocycles. The lowest BCUT2D eigenvalue weighted by Crippen LogP contribution is -2.36. The highest BCUT2D eigenvalue weighted by atomic mass is 16.5. The van der Waals surface area contributed by atoms with Crippen LogP contribution in [-0.2, 0) is 41.8 Å². The summed E-state index contributed by atoms with van der Waals surface area (Å²) < 4.78 is 5.25. The second-order valence-electron chi connectivity index (χ2n) is 8.54. The number of primary amides is 1. The third-order valence-corrected chi connectivity index (χ3v) is 6.17. The molecule has 0 bridgehead atoms. The summed E-state index contributed by atoms with van der Waals surface area (Å²) in [7, 11) is 0. The van der Waals surface area contributed by atoms with Crippen LogP contribution >= 0.6 is 0 Å². The van der Waals surface area contributed by atoms with Crippen LogP contribution in [0.3, 0.4) is 0 Å². The highest BCUT2D eigenvalue weighted by Gasteiger charge is 2.18. The summed E-state index contributed by atoms with van der Waals surface area (Å²) in [6, 6.07) is 13.5. The Morgan fingerprint density at radius 1 is 0.938 bits per heavy atom. The van der Waals surface area contributed by atoms with Crippen molar-refractivity contribution in [2.45, 2.75) is 70.4 Å². The first-order chi connectivity index (χ1) is 15.5. The Hall–Kier alpha value is -2.86. The zero-order chi connectivity index (χ0) is 22.8. The molecule has 0 fully saturated rings. The van der Waals surface area contributed by atoms with Gasteiger partial charge < -0.3 is 21.5 Å². The summed E-state index contributed by atoms with van der Waals surface area (Å²) in [4.78, 5) is 23.1. The Balaban J connectivity index is 1.43. The molecule has 0 aromatic heterocycles. The molecule has 3 rings (SSSR count). The standard InChI is InChI=1S/C26H35N3O3/c27-24(25(28)30)16-15-21-14-13-20(22-11-4-5-12-23(21)22)10-6-7-17-29-26(31)32-18-19-8-2-1-3-9-19/h1-3,8-9,13-14,24H,4-7,10-12,15-18,27H2,(H2,28,30)(H,29,31)/t24-/m0/s1. The van der Waals surface area contributed by atoms with Crippen LogP contribution in [0.25, 0.3) is 0 Å². The van der Waals surface area contributed by atoms with E-state index in [1.165, 1.54) is 35.1 Å². The van der Waals surface area contributed by atoms with E-state index < -0.39 is 11.9 Å². The molecule has 6 heteroatoms. The van der Waals surface area contributed by atoms with Crippen LogP contribution < -0.4 is 16.8 Å². The molecular formula is C26H35N3O3. The number of nitrogens with two attached hydrogens (primary N) is 2. The van der Waals surface area contributed by atoms with Crippen molar-refractivity contribution >= 4 is 12.0 Å². The van der Waals surface area contributed by atoms with Crippen molar-refractivity contribution in [1.82, 2.24) is 5.32 Å². The van der Waals surface area contributed by atoms with E-state index in [4.69, 9.17) is 16.2 Å². The van der Waals surface area contributed by atoms with E-state index in [1.807, 2.05) is 30.3 Å². The monoisotopic (exact) mass is 437 g/mol. The molecule has 0 saturated carbocycles.